The number of nitrogens with zero attached hydrogens (tertiary/aromatic N) is 2. The van der Waals surface area contributed by atoms with Crippen LogP contribution in [0.2, 0.25) is 0 Å². The zero-order valence-corrected chi connectivity index (χ0v) is 14.3. The van der Waals surface area contributed by atoms with Gasteiger partial charge in [0.2, 0.25) is 0 Å². The van der Waals surface area contributed by atoms with Gasteiger partial charge in [-0.2, -0.15) is 0 Å². The second-order valence-corrected chi connectivity index (χ2v) is 6.48. The average Bonchev–Trinajstić information content (AvgIpc) is 2.66. The highest BCUT2D eigenvalue weighted by Crippen LogP contribution is 2.38. The fourth-order valence-corrected chi connectivity index (χ4v) is 3.18. The number of non-ortho nitro benzene ring substituents is 1. The molecule has 2 aromatic rings. The maximum Gasteiger partial charge on any atom is 0.271 e. The van der Waals surface area contributed by atoms with E-state index in [2.05, 4.69) is 4.90 Å². The summed E-state index contributed by atoms with van der Waals surface area (Å²) in [6.45, 7) is 0.904. The second-order valence-electron chi connectivity index (χ2n) is 6.48. The molecule has 1 atom stereocenters. The lowest BCUT2D eigenvalue weighted by molar-refractivity contribution is -0.384. The number of nitro groups is 1. The van der Waals surface area contributed by atoms with E-state index in [0.29, 0.717) is 30.9 Å². The molecule has 2 aromatic carbocycles. The van der Waals surface area contributed by atoms with Crippen LogP contribution in [0.1, 0.15) is 12.0 Å². The molecule has 0 aromatic heterocycles. The summed E-state index contributed by atoms with van der Waals surface area (Å²) in [5, 5.41) is 29.8. The third kappa shape index (κ3) is 4.12. The van der Waals surface area contributed by atoms with Crippen molar-refractivity contribution < 1.29 is 19.9 Å². The molecule has 0 amide bonds. The molecule has 1 heterocycles. The number of anilines is 1. The summed E-state index contributed by atoms with van der Waals surface area (Å²) < 4.78 is 5.98. The normalized spacial score (nSPS) is 16.3. The predicted octanol–water partition coefficient (Wildman–Crippen LogP) is 2.35. The fourth-order valence-electron chi connectivity index (χ4n) is 3.18. The van der Waals surface area contributed by atoms with Crippen LogP contribution < -0.4 is 9.64 Å². The topological polar surface area (TPSA) is 96.1 Å². The van der Waals surface area contributed by atoms with E-state index in [4.69, 9.17) is 4.74 Å². The Bertz CT molecular complexity index is 749. The predicted molar refractivity (Wildman–Crippen MR) is 97.3 cm³/mol. The van der Waals surface area contributed by atoms with Crippen LogP contribution in [-0.2, 0) is 6.54 Å². The van der Waals surface area contributed by atoms with Crippen molar-refractivity contribution in [1.82, 2.24) is 0 Å². The molecule has 0 saturated carbocycles. The number of nitro benzene ring substituents is 1. The smallest absolute Gasteiger partial charge is 0.271 e. The molecule has 0 spiro atoms. The summed E-state index contributed by atoms with van der Waals surface area (Å²) >= 11 is 0. The lowest BCUT2D eigenvalue weighted by atomic mass is 10.0. The van der Waals surface area contributed by atoms with E-state index in [-0.39, 0.29) is 30.9 Å². The van der Waals surface area contributed by atoms with Gasteiger partial charge in [0.25, 0.3) is 5.69 Å². The molecule has 1 unspecified atom stereocenters. The van der Waals surface area contributed by atoms with Crippen LogP contribution in [0.15, 0.2) is 48.5 Å². The summed E-state index contributed by atoms with van der Waals surface area (Å²) in [4.78, 5) is 12.8. The first-order chi connectivity index (χ1) is 12.6. The van der Waals surface area contributed by atoms with Gasteiger partial charge in [0, 0.05) is 37.8 Å². The van der Waals surface area contributed by atoms with Gasteiger partial charge in [-0.3, -0.25) is 10.1 Å². The summed E-state index contributed by atoms with van der Waals surface area (Å²) in [6.07, 6.45) is 0.298. The van der Waals surface area contributed by atoms with E-state index in [9.17, 15) is 20.3 Å². The van der Waals surface area contributed by atoms with Gasteiger partial charge in [-0.05, 0) is 18.1 Å². The highest BCUT2D eigenvalue weighted by Gasteiger charge is 2.29. The van der Waals surface area contributed by atoms with Crippen molar-refractivity contribution in [3.8, 4) is 5.75 Å². The molecule has 1 aliphatic heterocycles. The Morgan fingerprint density at radius 2 is 1.92 bits per heavy atom. The molecular weight excluding hydrogens is 336 g/mol. The molecule has 0 saturated heterocycles. The van der Waals surface area contributed by atoms with Crippen molar-refractivity contribution in [3.05, 3.63) is 64.2 Å². The molecule has 138 valence electrons. The molecular formula is C19H22N2O5. The van der Waals surface area contributed by atoms with Gasteiger partial charge < -0.3 is 19.8 Å². The monoisotopic (exact) mass is 358 g/mol. The third-order valence-corrected chi connectivity index (χ3v) is 4.54. The first kappa shape index (κ1) is 18.2. The lowest BCUT2D eigenvalue weighted by Crippen LogP contribution is -2.41. The lowest BCUT2D eigenvalue weighted by Gasteiger charge is -2.37. The summed E-state index contributed by atoms with van der Waals surface area (Å²) in [7, 11) is 0. The van der Waals surface area contributed by atoms with Gasteiger partial charge in [0.15, 0.2) is 0 Å². The van der Waals surface area contributed by atoms with Crippen LogP contribution in [-0.4, -0.2) is 41.0 Å². The van der Waals surface area contributed by atoms with Crippen LogP contribution in [0.25, 0.3) is 0 Å². The molecule has 2 N–H and O–H groups in total. The Labute approximate surface area is 151 Å². The van der Waals surface area contributed by atoms with Crippen LogP contribution in [0.5, 0.6) is 5.75 Å². The van der Waals surface area contributed by atoms with Gasteiger partial charge in [-0.1, -0.05) is 30.3 Å². The molecule has 0 aliphatic carbocycles. The fraction of sp³-hybridized carbons (Fsp3) is 0.368. The summed E-state index contributed by atoms with van der Waals surface area (Å²) in [5.41, 5.74) is 1.79. The Balaban J connectivity index is 1.89. The molecule has 3 rings (SSSR count). The van der Waals surface area contributed by atoms with E-state index in [1.165, 1.54) is 12.1 Å². The van der Waals surface area contributed by atoms with Gasteiger partial charge in [-0.25, -0.2) is 0 Å². The minimum atomic E-state index is -0.416. The van der Waals surface area contributed by atoms with Crippen molar-refractivity contribution in [2.24, 2.45) is 5.92 Å². The van der Waals surface area contributed by atoms with Gasteiger partial charge in [0.1, 0.15) is 11.9 Å². The summed E-state index contributed by atoms with van der Waals surface area (Å²) in [6, 6.07) is 14.4. The minimum absolute atomic E-state index is 0.0208. The van der Waals surface area contributed by atoms with Crippen molar-refractivity contribution >= 4 is 11.4 Å². The quantitative estimate of drug-likeness (QED) is 0.583. The number of aliphatic hydroxyl groups excluding tert-OH is 2. The molecule has 0 bridgehead atoms. The van der Waals surface area contributed by atoms with E-state index >= 15 is 0 Å². The van der Waals surface area contributed by atoms with Crippen LogP contribution in [0, 0.1) is 16.0 Å². The number of hydrogen-bond donors (Lipinski definition) is 2. The van der Waals surface area contributed by atoms with Crippen LogP contribution in [0.3, 0.4) is 0 Å². The number of hydrogen-bond acceptors (Lipinski definition) is 6. The Hall–Kier alpha value is -2.64. The van der Waals surface area contributed by atoms with Crippen molar-refractivity contribution in [3.63, 3.8) is 0 Å². The van der Waals surface area contributed by atoms with Crippen molar-refractivity contribution in [2.45, 2.75) is 19.1 Å². The van der Waals surface area contributed by atoms with E-state index in [0.717, 1.165) is 5.56 Å². The van der Waals surface area contributed by atoms with E-state index < -0.39 is 4.92 Å². The maximum absolute atomic E-state index is 11.1. The number of rotatable bonds is 7. The van der Waals surface area contributed by atoms with Crippen LogP contribution >= 0.6 is 0 Å². The third-order valence-electron chi connectivity index (χ3n) is 4.54. The summed E-state index contributed by atoms with van der Waals surface area (Å²) in [5.74, 6) is 0.329. The standard InChI is InChI=1S/C19H22N2O5/c22-12-15(13-23)8-17-11-20(10-14-4-2-1-3-5-14)18-9-16(21(24)25)6-7-19(18)26-17/h1-7,9,15,17,22-23H,8,10-13H2. The molecule has 0 radical (unpaired) electrons. The molecule has 1 aliphatic rings. The molecule has 0 fully saturated rings. The average molecular weight is 358 g/mol. The van der Waals surface area contributed by atoms with E-state index in [1.54, 1.807) is 6.07 Å². The van der Waals surface area contributed by atoms with Crippen molar-refractivity contribution in [2.75, 3.05) is 24.7 Å². The maximum atomic E-state index is 11.1. The number of benzene rings is 2. The first-order valence-electron chi connectivity index (χ1n) is 8.56. The molecule has 26 heavy (non-hydrogen) atoms. The Morgan fingerprint density at radius 3 is 2.58 bits per heavy atom. The Morgan fingerprint density at radius 1 is 1.19 bits per heavy atom. The highest BCUT2D eigenvalue weighted by atomic mass is 16.6. The Kier molecular flexibility index (Phi) is 5.70. The van der Waals surface area contributed by atoms with E-state index in [1.807, 2.05) is 30.3 Å². The van der Waals surface area contributed by atoms with Gasteiger partial charge in [-0.15, -0.1) is 0 Å². The van der Waals surface area contributed by atoms with Crippen molar-refractivity contribution in [1.29, 1.82) is 0 Å². The zero-order valence-electron chi connectivity index (χ0n) is 14.3. The largest absolute Gasteiger partial charge is 0.486 e. The van der Waals surface area contributed by atoms with Crippen LogP contribution in [0.4, 0.5) is 11.4 Å². The zero-order chi connectivity index (χ0) is 18.5. The number of fused-ring (bicyclic) bond motifs is 1. The van der Waals surface area contributed by atoms with Gasteiger partial charge in [0.05, 0.1) is 17.2 Å². The first-order valence-corrected chi connectivity index (χ1v) is 8.56. The molecule has 7 nitrogen and oxygen atoms in total. The SMILES string of the molecule is O=[N+]([O-])c1ccc2c(c1)N(Cc1ccccc1)CC(CC(CO)CO)O2. The highest BCUT2D eigenvalue weighted by molar-refractivity contribution is 5.64. The second kappa shape index (κ2) is 8.16. The number of ether oxygens (including phenoxy) is 1. The number of aliphatic hydroxyl groups is 2. The molecule has 7 heteroatoms. The van der Waals surface area contributed by atoms with Gasteiger partial charge >= 0.3 is 0 Å². The minimum Gasteiger partial charge on any atom is -0.486 e.